The van der Waals surface area contributed by atoms with Crippen molar-refractivity contribution in [3.8, 4) is 5.69 Å². The molecule has 236 valence electrons. The van der Waals surface area contributed by atoms with Crippen LogP contribution in [0.1, 0.15) is 33.5 Å². The summed E-state index contributed by atoms with van der Waals surface area (Å²) < 4.78 is 81.4. The van der Waals surface area contributed by atoms with Gasteiger partial charge in [-0.15, -0.1) is 0 Å². The highest BCUT2D eigenvalue weighted by Gasteiger charge is 2.32. The van der Waals surface area contributed by atoms with E-state index in [1.165, 1.54) is 17.0 Å². The molecule has 0 unspecified atom stereocenters. The van der Waals surface area contributed by atoms with Crippen LogP contribution in [0.3, 0.4) is 0 Å². The predicted octanol–water partition coefficient (Wildman–Crippen LogP) is 6.41. The van der Waals surface area contributed by atoms with E-state index in [0.717, 1.165) is 59.2 Å². The molecule has 0 atom stereocenters. The van der Waals surface area contributed by atoms with Gasteiger partial charge in [0.25, 0.3) is 0 Å². The molecular weight excluding hydrogens is 620 g/mol. The molecule has 0 aliphatic heterocycles. The van der Waals surface area contributed by atoms with E-state index in [-0.39, 0.29) is 11.1 Å². The maximum atomic E-state index is 13.7. The van der Waals surface area contributed by atoms with E-state index in [0.29, 0.717) is 15.8 Å². The van der Waals surface area contributed by atoms with Gasteiger partial charge in [0.2, 0.25) is 0 Å². The van der Waals surface area contributed by atoms with E-state index in [2.05, 4.69) is 5.10 Å². The summed E-state index contributed by atoms with van der Waals surface area (Å²) in [6, 6.07) is 16.2. The molecule has 0 aliphatic carbocycles. The molecule has 0 bridgehead atoms. The van der Waals surface area contributed by atoms with Crippen LogP contribution in [0, 0.1) is 10.1 Å². The van der Waals surface area contributed by atoms with Crippen LogP contribution in [0.2, 0.25) is 0 Å². The first-order chi connectivity index (χ1) is 21.7. The number of rotatable bonds is 8. The van der Waals surface area contributed by atoms with Crippen molar-refractivity contribution in [2.45, 2.75) is 25.4 Å². The standard InChI is InChI=1S/C31H21F6N5O4/c32-30(33,34)23-11-6-20(7-12-23)17-39-26(15-10-22-16-38-41(19-22)25-4-2-1-3-5-25)27(42(45)46)28(43)40(29(39)44)18-21-8-13-24(14-9-21)31(35,36)37/h1-16,19H,17-18H2/b15-10+. The Morgan fingerprint density at radius 2 is 1.26 bits per heavy atom. The van der Waals surface area contributed by atoms with E-state index in [4.69, 9.17) is 0 Å². The smallest absolute Gasteiger partial charge is 0.283 e. The largest absolute Gasteiger partial charge is 0.416 e. The summed E-state index contributed by atoms with van der Waals surface area (Å²) in [5, 5.41) is 16.5. The first-order valence-corrected chi connectivity index (χ1v) is 13.3. The Morgan fingerprint density at radius 1 is 0.739 bits per heavy atom. The van der Waals surface area contributed by atoms with Gasteiger partial charge >= 0.3 is 29.3 Å². The molecule has 2 aromatic heterocycles. The number of alkyl halides is 6. The number of nitro groups is 1. The Labute approximate surface area is 255 Å². The SMILES string of the molecule is O=c1c([N+](=O)[O-])c(/C=C/c2cnn(-c3ccccc3)c2)n(Cc2ccc(C(F)(F)F)cc2)c(=O)n1Cc1ccc(C(F)(F)F)cc1. The van der Waals surface area contributed by atoms with Crippen molar-refractivity contribution in [3.63, 3.8) is 0 Å². The van der Waals surface area contributed by atoms with Crippen LogP contribution in [0.4, 0.5) is 32.0 Å². The number of hydrogen-bond donors (Lipinski definition) is 0. The maximum absolute atomic E-state index is 13.7. The molecule has 0 fully saturated rings. The molecule has 3 aromatic carbocycles. The molecule has 2 heterocycles. The average Bonchev–Trinajstić information content (AvgIpc) is 3.49. The van der Waals surface area contributed by atoms with Gasteiger partial charge in [-0.05, 0) is 59.7 Å². The van der Waals surface area contributed by atoms with Crippen molar-refractivity contribution in [2.24, 2.45) is 0 Å². The Morgan fingerprint density at radius 3 is 1.76 bits per heavy atom. The fourth-order valence-corrected chi connectivity index (χ4v) is 4.62. The third-order valence-corrected chi connectivity index (χ3v) is 6.93. The summed E-state index contributed by atoms with van der Waals surface area (Å²) in [5.41, 5.74) is -4.45. The highest BCUT2D eigenvalue weighted by Crippen LogP contribution is 2.30. The Hall–Kier alpha value is -5.73. The fourth-order valence-electron chi connectivity index (χ4n) is 4.62. The van der Waals surface area contributed by atoms with E-state index in [9.17, 15) is 46.0 Å². The van der Waals surface area contributed by atoms with Crippen molar-refractivity contribution < 1.29 is 31.3 Å². The molecule has 0 amide bonds. The number of halogens is 6. The van der Waals surface area contributed by atoms with Crippen molar-refractivity contribution in [1.29, 1.82) is 0 Å². The fraction of sp³-hybridized carbons (Fsp3) is 0.129. The first-order valence-electron chi connectivity index (χ1n) is 13.3. The van der Waals surface area contributed by atoms with Crippen molar-refractivity contribution in [2.75, 3.05) is 0 Å². The Balaban J connectivity index is 1.63. The summed E-state index contributed by atoms with van der Waals surface area (Å²) in [6.07, 6.45) is -3.74. The van der Waals surface area contributed by atoms with Gasteiger partial charge < -0.3 is 0 Å². The second kappa shape index (κ2) is 12.3. The minimum atomic E-state index is -4.64. The molecular formula is C31H21F6N5O4. The van der Waals surface area contributed by atoms with E-state index >= 15 is 0 Å². The number of para-hydroxylation sites is 1. The molecule has 0 saturated heterocycles. The van der Waals surface area contributed by atoms with E-state index < -0.39 is 64.1 Å². The van der Waals surface area contributed by atoms with Gasteiger partial charge in [-0.25, -0.2) is 14.0 Å². The normalized spacial score (nSPS) is 12.1. The van der Waals surface area contributed by atoms with Crippen LogP contribution >= 0.6 is 0 Å². The second-order valence-electron chi connectivity index (χ2n) is 10.0. The summed E-state index contributed by atoms with van der Waals surface area (Å²) in [5.74, 6) is 0. The summed E-state index contributed by atoms with van der Waals surface area (Å²) in [7, 11) is 0. The van der Waals surface area contributed by atoms with Crippen LogP contribution < -0.4 is 11.2 Å². The van der Waals surface area contributed by atoms with Gasteiger partial charge in [-0.2, -0.15) is 31.4 Å². The Kier molecular flexibility index (Phi) is 8.50. The van der Waals surface area contributed by atoms with E-state index in [1.54, 1.807) is 30.5 Å². The lowest BCUT2D eigenvalue weighted by molar-refractivity contribution is -0.387. The van der Waals surface area contributed by atoms with Gasteiger partial charge in [-0.1, -0.05) is 42.5 Å². The highest BCUT2D eigenvalue weighted by molar-refractivity contribution is 5.71. The quantitative estimate of drug-likeness (QED) is 0.111. The molecule has 5 aromatic rings. The third-order valence-electron chi connectivity index (χ3n) is 6.93. The maximum Gasteiger partial charge on any atom is 0.416 e. The topological polar surface area (TPSA) is 105 Å². The van der Waals surface area contributed by atoms with Crippen LogP contribution in [-0.2, 0) is 25.4 Å². The van der Waals surface area contributed by atoms with Crippen LogP contribution in [0.5, 0.6) is 0 Å². The minimum absolute atomic E-state index is 0.0687. The predicted molar refractivity (Wildman–Crippen MR) is 155 cm³/mol. The average molecular weight is 642 g/mol. The zero-order valence-electron chi connectivity index (χ0n) is 23.4. The summed E-state index contributed by atoms with van der Waals surface area (Å²) in [4.78, 5) is 38.4. The lowest BCUT2D eigenvalue weighted by Crippen LogP contribution is -2.42. The van der Waals surface area contributed by atoms with Crippen LogP contribution in [0.15, 0.2) is 101 Å². The highest BCUT2D eigenvalue weighted by atomic mass is 19.4. The van der Waals surface area contributed by atoms with Gasteiger partial charge in [0, 0.05) is 11.8 Å². The van der Waals surface area contributed by atoms with Gasteiger partial charge in [-0.3, -0.25) is 19.5 Å². The van der Waals surface area contributed by atoms with Crippen molar-refractivity contribution >= 4 is 17.8 Å². The molecule has 0 spiro atoms. The molecule has 9 nitrogen and oxygen atoms in total. The molecule has 0 N–H and O–H groups in total. The first kappa shape index (κ1) is 31.7. The number of nitrogens with zero attached hydrogens (tertiary/aromatic N) is 5. The molecule has 0 aliphatic rings. The lowest BCUT2D eigenvalue weighted by atomic mass is 10.1. The second-order valence-corrected chi connectivity index (χ2v) is 10.0. The number of benzene rings is 3. The van der Waals surface area contributed by atoms with E-state index in [1.807, 2.05) is 6.07 Å². The lowest BCUT2D eigenvalue weighted by Gasteiger charge is -2.15. The monoisotopic (exact) mass is 641 g/mol. The minimum Gasteiger partial charge on any atom is -0.283 e. The third kappa shape index (κ3) is 6.82. The van der Waals surface area contributed by atoms with Gasteiger partial charge in [0.1, 0.15) is 5.69 Å². The molecule has 15 heteroatoms. The van der Waals surface area contributed by atoms with Crippen LogP contribution in [-0.4, -0.2) is 23.8 Å². The Bertz CT molecular complexity index is 2030. The van der Waals surface area contributed by atoms with Gasteiger partial charge in [0.15, 0.2) is 0 Å². The number of aromatic nitrogens is 4. The van der Waals surface area contributed by atoms with Crippen molar-refractivity contribution in [3.05, 3.63) is 156 Å². The summed E-state index contributed by atoms with van der Waals surface area (Å²) >= 11 is 0. The zero-order chi connectivity index (χ0) is 33.2. The molecule has 0 saturated carbocycles. The number of hydrogen-bond acceptors (Lipinski definition) is 5. The molecule has 46 heavy (non-hydrogen) atoms. The molecule has 5 rings (SSSR count). The molecule has 0 radical (unpaired) electrons. The van der Waals surface area contributed by atoms with Gasteiger partial charge in [0.05, 0.1) is 41.0 Å². The van der Waals surface area contributed by atoms with Crippen molar-refractivity contribution in [1.82, 2.24) is 18.9 Å². The summed E-state index contributed by atoms with van der Waals surface area (Å²) in [6.45, 7) is -1.09. The van der Waals surface area contributed by atoms with Crippen LogP contribution in [0.25, 0.3) is 17.8 Å². The zero-order valence-corrected chi connectivity index (χ0v) is 23.4.